The molecule has 0 spiro atoms. The summed E-state index contributed by atoms with van der Waals surface area (Å²) < 4.78 is 5.25. The molecule has 1 rings (SSSR count). The fourth-order valence-electron chi connectivity index (χ4n) is 1.63. The van der Waals surface area contributed by atoms with Crippen molar-refractivity contribution in [2.24, 2.45) is 5.41 Å². The number of nitrogens with zero attached hydrogens (tertiary/aromatic N) is 2. The Balaban J connectivity index is 2.66. The minimum atomic E-state index is -0.0505. The van der Waals surface area contributed by atoms with Crippen LogP contribution in [0.3, 0.4) is 0 Å². The van der Waals surface area contributed by atoms with Crippen LogP contribution in [0.15, 0.2) is 22.8 Å². The fourth-order valence-corrected chi connectivity index (χ4v) is 1.63. The third-order valence-electron chi connectivity index (χ3n) is 2.45. The lowest BCUT2D eigenvalue weighted by Crippen LogP contribution is -2.33. The van der Waals surface area contributed by atoms with Crippen molar-refractivity contribution >= 4 is 5.91 Å². The molecule has 0 aliphatic carbocycles. The number of amides is 1. The zero-order chi connectivity index (χ0) is 13.6. The van der Waals surface area contributed by atoms with E-state index in [2.05, 4.69) is 6.07 Å². The highest BCUT2D eigenvalue weighted by Gasteiger charge is 2.21. The fraction of sp³-hybridized carbons (Fsp3) is 0.571. The van der Waals surface area contributed by atoms with Crippen LogP contribution < -0.4 is 0 Å². The van der Waals surface area contributed by atoms with Crippen LogP contribution in [0.25, 0.3) is 0 Å². The quantitative estimate of drug-likeness (QED) is 0.805. The van der Waals surface area contributed by atoms with Gasteiger partial charge in [0.05, 0.1) is 25.3 Å². The van der Waals surface area contributed by atoms with Gasteiger partial charge in [0.25, 0.3) is 0 Å². The molecule has 0 bridgehead atoms. The molecule has 0 radical (unpaired) electrons. The molecule has 0 N–H and O–H groups in total. The van der Waals surface area contributed by atoms with Crippen LogP contribution in [0.2, 0.25) is 0 Å². The number of carbonyl (C=O) groups is 1. The van der Waals surface area contributed by atoms with E-state index < -0.39 is 0 Å². The topological polar surface area (TPSA) is 57.2 Å². The average molecular weight is 248 g/mol. The monoisotopic (exact) mass is 248 g/mol. The van der Waals surface area contributed by atoms with Gasteiger partial charge in [0, 0.05) is 13.0 Å². The maximum atomic E-state index is 12.2. The summed E-state index contributed by atoms with van der Waals surface area (Å²) in [6, 6.07) is 5.71. The van der Waals surface area contributed by atoms with Crippen LogP contribution in [0.5, 0.6) is 0 Å². The minimum absolute atomic E-state index is 0.0505. The van der Waals surface area contributed by atoms with Gasteiger partial charge in [-0.3, -0.25) is 4.79 Å². The summed E-state index contributed by atoms with van der Waals surface area (Å²) >= 11 is 0. The first-order chi connectivity index (χ1) is 8.42. The Kier molecular flexibility index (Phi) is 4.96. The maximum Gasteiger partial charge on any atom is 0.223 e. The van der Waals surface area contributed by atoms with Gasteiger partial charge in [0.1, 0.15) is 5.76 Å². The summed E-state index contributed by atoms with van der Waals surface area (Å²) in [6.45, 7) is 6.97. The van der Waals surface area contributed by atoms with E-state index in [1.807, 2.05) is 26.8 Å². The third kappa shape index (κ3) is 5.05. The molecule has 1 aromatic heterocycles. The van der Waals surface area contributed by atoms with Crippen LogP contribution in [-0.4, -0.2) is 17.4 Å². The SMILES string of the molecule is CC(C)(C)CC(=O)N(CCC#N)Cc1ccco1. The highest BCUT2D eigenvalue weighted by atomic mass is 16.3. The molecule has 98 valence electrons. The van der Waals surface area contributed by atoms with E-state index in [0.717, 1.165) is 5.76 Å². The van der Waals surface area contributed by atoms with Gasteiger partial charge in [-0.25, -0.2) is 0 Å². The number of nitriles is 1. The van der Waals surface area contributed by atoms with Crippen molar-refractivity contribution < 1.29 is 9.21 Å². The lowest BCUT2D eigenvalue weighted by Gasteiger charge is -2.25. The molecule has 0 unspecified atom stereocenters. The van der Waals surface area contributed by atoms with Gasteiger partial charge >= 0.3 is 0 Å². The molecule has 0 aliphatic rings. The molecule has 4 nitrogen and oxygen atoms in total. The average Bonchev–Trinajstić information content (AvgIpc) is 2.74. The maximum absolute atomic E-state index is 12.2. The third-order valence-corrected chi connectivity index (χ3v) is 2.45. The Morgan fingerprint density at radius 3 is 2.72 bits per heavy atom. The van der Waals surface area contributed by atoms with E-state index in [0.29, 0.717) is 25.9 Å². The lowest BCUT2D eigenvalue weighted by atomic mass is 9.91. The standard InChI is InChI=1S/C14H20N2O2/c1-14(2,3)10-13(17)16(8-5-7-15)11-12-6-4-9-18-12/h4,6,9H,5,8,10-11H2,1-3H3. The van der Waals surface area contributed by atoms with E-state index >= 15 is 0 Å². The Morgan fingerprint density at radius 2 is 2.22 bits per heavy atom. The molecule has 0 atom stereocenters. The van der Waals surface area contributed by atoms with Crippen molar-refractivity contribution in [2.75, 3.05) is 6.54 Å². The second-order valence-electron chi connectivity index (χ2n) is 5.54. The molecule has 0 aliphatic heterocycles. The summed E-state index contributed by atoms with van der Waals surface area (Å²) in [7, 11) is 0. The first kappa shape index (κ1) is 14.3. The molecule has 0 fully saturated rings. The molecule has 1 aromatic rings. The van der Waals surface area contributed by atoms with Gasteiger partial charge in [-0.05, 0) is 17.5 Å². The van der Waals surface area contributed by atoms with E-state index in [1.165, 1.54) is 0 Å². The largest absolute Gasteiger partial charge is 0.467 e. The number of rotatable bonds is 5. The van der Waals surface area contributed by atoms with Crippen molar-refractivity contribution in [2.45, 2.75) is 40.2 Å². The predicted molar refractivity (Wildman–Crippen MR) is 68.4 cm³/mol. The Hall–Kier alpha value is -1.76. The van der Waals surface area contributed by atoms with Crippen molar-refractivity contribution in [1.29, 1.82) is 5.26 Å². The molecule has 4 heteroatoms. The number of hydrogen-bond donors (Lipinski definition) is 0. The molecular formula is C14H20N2O2. The summed E-state index contributed by atoms with van der Waals surface area (Å²) in [6.07, 6.45) is 2.40. The van der Waals surface area contributed by atoms with Gasteiger partial charge in [-0.2, -0.15) is 5.26 Å². The molecule has 18 heavy (non-hydrogen) atoms. The molecule has 1 heterocycles. The first-order valence-electron chi connectivity index (χ1n) is 6.09. The van der Waals surface area contributed by atoms with E-state index in [1.54, 1.807) is 17.2 Å². The Morgan fingerprint density at radius 1 is 1.50 bits per heavy atom. The van der Waals surface area contributed by atoms with Gasteiger partial charge in [0.15, 0.2) is 0 Å². The number of furan rings is 1. The molecular weight excluding hydrogens is 228 g/mol. The smallest absolute Gasteiger partial charge is 0.223 e. The number of carbonyl (C=O) groups excluding carboxylic acids is 1. The van der Waals surface area contributed by atoms with Crippen LogP contribution >= 0.6 is 0 Å². The summed E-state index contributed by atoms with van der Waals surface area (Å²) in [5.74, 6) is 0.810. The van der Waals surface area contributed by atoms with Crippen LogP contribution in [0.1, 0.15) is 39.4 Å². The van der Waals surface area contributed by atoms with Crippen LogP contribution in [0, 0.1) is 16.7 Å². The minimum Gasteiger partial charge on any atom is -0.467 e. The molecule has 1 amide bonds. The van der Waals surface area contributed by atoms with Crippen LogP contribution in [0.4, 0.5) is 0 Å². The number of hydrogen-bond acceptors (Lipinski definition) is 3. The zero-order valence-corrected chi connectivity index (χ0v) is 11.3. The van der Waals surface area contributed by atoms with Crippen molar-refractivity contribution in [3.63, 3.8) is 0 Å². The summed E-state index contributed by atoms with van der Waals surface area (Å²) in [4.78, 5) is 13.9. The second kappa shape index (κ2) is 6.25. The van der Waals surface area contributed by atoms with Gasteiger partial charge in [0.2, 0.25) is 5.91 Å². The van der Waals surface area contributed by atoms with Gasteiger partial charge in [-0.15, -0.1) is 0 Å². The van der Waals surface area contributed by atoms with E-state index in [9.17, 15) is 4.79 Å². The Bertz CT molecular complexity index is 410. The predicted octanol–water partition coefficient (Wildman–Crippen LogP) is 2.96. The van der Waals surface area contributed by atoms with Crippen molar-refractivity contribution in [1.82, 2.24) is 4.90 Å². The normalized spacial score (nSPS) is 11.0. The first-order valence-corrected chi connectivity index (χ1v) is 6.09. The Labute approximate surface area is 108 Å². The van der Waals surface area contributed by atoms with Crippen molar-refractivity contribution in [3.8, 4) is 6.07 Å². The van der Waals surface area contributed by atoms with Gasteiger partial charge < -0.3 is 9.32 Å². The van der Waals surface area contributed by atoms with Crippen molar-refractivity contribution in [3.05, 3.63) is 24.2 Å². The molecule has 0 saturated carbocycles. The molecule has 0 aromatic carbocycles. The van der Waals surface area contributed by atoms with Gasteiger partial charge in [-0.1, -0.05) is 20.8 Å². The second-order valence-corrected chi connectivity index (χ2v) is 5.54. The summed E-state index contributed by atoms with van der Waals surface area (Å²) in [5, 5.41) is 8.64. The highest BCUT2D eigenvalue weighted by molar-refractivity contribution is 5.76. The van der Waals surface area contributed by atoms with E-state index in [4.69, 9.17) is 9.68 Å². The summed E-state index contributed by atoms with van der Waals surface area (Å²) in [5.41, 5.74) is -0.0505. The molecule has 0 saturated heterocycles. The zero-order valence-electron chi connectivity index (χ0n) is 11.3. The van der Waals surface area contributed by atoms with Crippen LogP contribution in [-0.2, 0) is 11.3 Å². The highest BCUT2D eigenvalue weighted by Crippen LogP contribution is 2.20. The lowest BCUT2D eigenvalue weighted by molar-refractivity contribution is -0.133. The van der Waals surface area contributed by atoms with E-state index in [-0.39, 0.29) is 11.3 Å².